The fraction of sp³-hybridized carbons (Fsp3) is 0.278. The SMILES string of the molecule is CCOc1cccc([C@@H](C)NC(=O)c2ccc(S(C)(=O)=O)cc2)c1. The molecule has 128 valence electrons. The summed E-state index contributed by atoms with van der Waals surface area (Å²) in [6.45, 7) is 4.38. The van der Waals surface area contributed by atoms with Crippen molar-refractivity contribution in [2.24, 2.45) is 0 Å². The molecule has 1 amide bonds. The number of nitrogens with one attached hydrogen (secondary N) is 1. The number of carbonyl (C=O) groups is 1. The molecule has 2 rings (SSSR count). The minimum atomic E-state index is -3.27. The smallest absolute Gasteiger partial charge is 0.251 e. The van der Waals surface area contributed by atoms with Gasteiger partial charge >= 0.3 is 0 Å². The number of carbonyl (C=O) groups excluding carboxylic acids is 1. The molecule has 24 heavy (non-hydrogen) atoms. The molecule has 0 saturated carbocycles. The first kappa shape index (κ1) is 18.0. The number of sulfone groups is 1. The van der Waals surface area contributed by atoms with Gasteiger partial charge in [0.15, 0.2) is 9.84 Å². The highest BCUT2D eigenvalue weighted by Crippen LogP contribution is 2.20. The lowest BCUT2D eigenvalue weighted by atomic mass is 10.1. The molecule has 0 aromatic heterocycles. The molecule has 0 bridgehead atoms. The molecule has 0 heterocycles. The summed E-state index contributed by atoms with van der Waals surface area (Å²) in [5.41, 5.74) is 1.34. The van der Waals surface area contributed by atoms with Crippen LogP contribution in [0.3, 0.4) is 0 Å². The molecule has 0 aliphatic carbocycles. The summed E-state index contributed by atoms with van der Waals surface area (Å²) in [6, 6.07) is 13.2. The summed E-state index contributed by atoms with van der Waals surface area (Å²) in [5, 5.41) is 2.90. The van der Waals surface area contributed by atoms with E-state index in [4.69, 9.17) is 4.74 Å². The van der Waals surface area contributed by atoms with Gasteiger partial charge in [0.05, 0.1) is 17.5 Å². The van der Waals surface area contributed by atoms with Gasteiger partial charge in [-0.25, -0.2) is 8.42 Å². The summed E-state index contributed by atoms with van der Waals surface area (Å²) in [4.78, 5) is 12.5. The van der Waals surface area contributed by atoms with Crippen LogP contribution in [0.1, 0.15) is 35.8 Å². The van der Waals surface area contributed by atoms with Crippen LogP contribution < -0.4 is 10.1 Å². The first-order valence-electron chi connectivity index (χ1n) is 7.65. The zero-order valence-corrected chi connectivity index (χ0v) is 14.8. The molecule has 1 N–H and O–H groups in total. The Bertz CT molecular complexity index is 813. The molecule has 2 aromatic rings. The van der Waals surface area contributed by atoms with E-state index in [-0.39, 0.29) is 16.8 Å². The van der Waals surface area contributed by atoms with E-state index in [9.17, 15) is 13.2 Å². The van der Waals surface area contributed by atoms with Crippen LogP contribution in [-0.2, 0) is 9.84 Å². The summed E-state index contributed by atoms with van der Waals surface area (Å²) >= 11 is 0. The summed E-state index contributed by atoms with van der Waals surface area (Å²) in [5.74, 6) is 0.498. The monoisotopic (exact) mass is 347 g/mol. The van der Waals surface area contributed by atoms with Crippen molar-refractivity contribution < 1.29 is 17.9 Å². The van der Waals surface area contributed by atoms with Crippen LogP contribution in [-0.4, -0.2) is 27.2 Å². The highest BCUT2D eigenvalue weighted by Gasteiger charge is 2.13. The predicted octanol–water partition coefficient (Wildman–Crippen LogP) is 2.98. The largest absolute Gasteiger partial charge is 0.494 e. The maximum atomic E-state index is 12.3. The summed E-state index contributed by atoms with van der Waals surface area (Å²) < 4.78 is 28.4. The van der Waals surface area contributed by atoms with Crippen LogP contribution in [0, 0.1) is 0 Å². The number of hydrogen-bond donors (Lipinski definition) is 1. The number of rotatable bonds is 6. The molecule has 0 fully saturated rings. The fourth-order valence-corrected chi connectivity index (χ4v) is 2.89. The molecular formula is C18H21NO4S. The van der Waals surface area contributed by atoms with Gasteiger partial charge in [0.2, 0.25) is 0 Å². The zero-order chi connectivity index (χ0) is 17.7. The average Bonchev–Trinajstić information content (AvgIpc) is 2.54. The Kier molecular flexibility index (Phi) is 5.62. The highest BCUT2D eigenvalue weighted by atomic mass is 32.2. The molecule has 0 spiro atoms. The van der Waals surface area contributed by atoms with E-state index < -0.39 is 9.84 Å². The second-order valence-electron chi connectivity index (χ2n) is 5.50. The third-order valence-electron chi connectivity index (χ3n) is 3.56. The van der Waals surface area contributed by atoms with Gasteiger partial charge in [-0.1, -0.05) is 12.1 Å². The van der Waals surface area contributed by atoms with Crippen LogP contribution >= 0.6 is 0 Å². The van der Waals surface area contributed by atoms with Gasteiger partial charge in [-0.3, -0.25) is 4.79 Å². The molecule has 5 nitrogen and oxygen atoms in total. The first-order valence-corrected chi connectivity index (χ1v) is 9.54. The Morgan fingerprint density at radius 2 is 1.83 bits per heavy atom. The molecule has 6 heteroatoms. The standard InChI is InChI=1S/C18H21NO4S/c1-4-23-16-7-5-6-15(12-16)13(2)19-18(20)14-8-10-17(11-9-14)24(3,21)22/h5-13H,4H2,1-3H3,(H,19,20)/t13-/m1/s1. The van der Waals surface area contributed by atoms with Gasteiger partial charge in [0.1, 0.15) is 5.75 Å². The molecule has 1 atom stereocenters. The highest BCUT2D eigenvalue weighted by molar-refractivity contribution is 7.90. The van der Waals surface area contributed by atoms with Crippen LogP contribution in [0.2, 0.25) is 0 Å². The molecule has 0 saturated heterocycles. The van der Waals surface area contributed by atoms with E-state index in [0.717, 1.165) is 17.6 Å². The lowest BCUT2D eigenvalue weighted by Crippen LogP contribution is -2.26. The van der Waals surface area contributed by atoms with Gasteiger partial charge in [0, 0.05) is 11.8 Å². The first-order chi connectivity index (χ1) is 11.3. The van der Waals surface area contributed by atoms with Crippen molar-refractivity contribution in [3.05, 3.63) is 59.7 Å². The number of amides is 1. The third kappa shape index (κ3) is 4.58. The van der Waals surface area contributed by atoms with Gasteiger partial charge in [0.25, 0.3) is 5.91 Å². The van der Waals surface area contributed by atoms with E-state index >= 15 is 0 Å². The van der Waals surface area contributed by atoms with Gasteiger partial charge in [-0.2, -0.15) is 0 Å². The number of ether oxygens (including phenoxy) is 1. The molecule has 2 aromatic carbocycles. The number of benzene rings is 2. The second kappa shape index (κ2) is 7.49. The van der Waals surface area contributed by atoms with Crippen molar-refractivity contribution >= 4 is 15.7 Å². The Morgan fingerprint density at radius 1 is 1.17 bits per heavy atom. The topological polar surface area (TPSA) is 72.5 Å². The normalized spacial score (nSPS) is 12.5. The Balaban J connectivity index is 2.10. The fourth-order valence-electron chi connectivity index (χ4n) is 2.26. The van der Waals surface area contributed by atoms with Crippen molar-refractivity contribution in [2.75, 3.05) is 12.9 Å². The van der Waals surface area contributed by atoms with Gasteiger partial charge < -0.3 is 10.1 Å². The van der Waals surface area contributed by atoms with Crippen molar-refractivity contribution in [3.63, 3.8) is 0 Å². The maximum absolute atomic E-state index is 12.3. The van der Waals surface area contributed by atoms with E-state index in [1.165, 1.54) is 24.3 Å². The van der Waals surface area contributed by atoms with Crippen molar-refractivity contribution in [1.29, 1.82) is 0 Å². The molecule has 0 aliphatic rings. The zero-order valence-electron chi connectivity index (χ0n) is 13.9. The van der Waals surface area contributed by atoms with Crippen molar-refractivity contribution in [2.45, 2.75) is 24.8 Å². The predicted molar refractivity (Wildman–Crippen MR) is 93.0 cm³/mol. The van der Waals surface area contributed by atoms with Crippen LogP contribution in [0.15, 0.2) is 53.4 Å². The van der Waals surface area contributed by atoms with E-state index in [1.54, 1.807) is 0 Å². The minimum absolute atomic E-state index is 0.191. The van der Waals surface area contributed by atoms with E-state index in [0.29, 0.717) is 12.2 Å². The maximum Gasteiger partial charge on any atom is 0.251 e. The molecule has 0 radical (unpaired) electrons. The quantitative estimate of drug-likeness (QED) is 0.872. The lowest BCUT2D eigenvalue weighted by Gasteiger charge is -2.15. The van der Waals surface area contributed by atoms with Gasteiger partial charge in [-0.15, -0.1) is 0 Å². The molecule has 0 unspecified atom stereocenters. The summed E-state index contributed by atoms with van der Waals surface area (Å²) in [6.07, 6.45) is 1.13. The van der Waals surface area contributed by atoms with Crippen molar-refractivity contribution in [3.8, 4) is 5.75 Å². The molecular weight excluding hydrogens is 326 g/mol. The van der Waals surface area contributed by atoms with E-state index in [2.05, 4.69) is 5.32 Å². The third-order valence-corrected chi connectivity index (χ3v) is 4.69. The van der Waals surface area contributed by atoms with Crippen LogP contribution in [0.25, 0.3) is 0 Å². The van der Waals surface area contributed by atoms with E-state index in [1.807, 2.05) is 38.1 Å². The number of hydrogen-bond acceptors (Lipinski definition) is 4. The summed E-state index contributed by atoms with van der Waals surface area (Å²) in [7, 11) is -3.27. The molecule has 0 aliphatic heterocycles. The Morgan fingerprint density at radius 3 is 2.42 bits per heavy atom. The lowest BCUT2D eigenvalue weighted by molar-refractivity contribution is 0.0939. The average molecular weight is 347 g/mol. The van der Waals surface area contributed by atoms with Crippen molar-refractivity contribution in [1.82, 2.24) is 5.32 Å². The van der Waals surface area contributed by atoms with Crippen LogP contribution in [0.5, 0.6) is 5.75 Å². The van der Waals surface area contributed by atoms with Gasteiger partial charge in [-0.05, 0) is 55.8 Å². The Labute approximate surface area is 142 Å². The second-order valence-corrected chi connectivity index (χ2v) is 7.51. The van der Waals surface area contributed by atoms with Crippen LogP contribution in [0.4, 0.5) is 0 Å². The Hall–Kier alpha value is -2.34. The minimum Gasteiger partial charge on any atom is -0.494 e.